The lowest BCUT2D eigenvalue weighted by atomic mass is 10.1. The van der Waals surface area contributed by atoms with E-state index in [1.54, 1.807) is 13.2 Å². The zero-order valence-electron chi connectivity index (χ0n) is 9.90. The van der Waals surface area contributed by atoms with Crippen molar-refractivity contribution in [1.82, 2.24) is 10.3 Å². The molecule has 0 spiro atoms. The average Bonchev–Trinajstić information content (AvgIpc) is 2.96. The molecule has 1 unspecified atom stereocenters. The van der Waals surface area contributed by atoms with Crippen LogP contribution in [-0.2, 0) is 4.79 Å². The monoisotopic (exact) mass is 256 g/mol. The number of nitrogens with zero attached hydrogens (tertiary/aromatic N) is 1. The van der Waals surface area contributed by atoms with E-state index in [4.69, 9.17) is 4.42 Å². The van der Waals surface area contributed by atoms with Crippen LogP contribution in [-0.4, -0.2) is 33.4 Å². The van der Waals surface area contributed by atoms with Gasteiger partial charge in [0.05, 0.1) is 5.69 Å². The van der Waals surface area contributed by atoms with E-state index in [1.165, 1.54) is 11.8 Å². The van der Waals surface area contributed by atoms with Gasteiger partial charge in [0.25, 0.3) is 5.22 Å². The van der Waals surface area contributed by atoms with E-state index in [1.807, 2.05) is 6.92 Å². The second-order valence-electron chi connectivity index (χ2n) is 4.60. The average molecular weight is 256 g/mol. The van der Waals surface area contributed by atoms with Crippen molar-refractivity contribution in [3.8, 4) is 0 Å². The van der Waals surface area contributed by atoms with Gasteiger partial charge >= 0.3 is 5.97 Å². The van der Waals surface area contributed by atoms with Crippen LogP contribution >= 0.6 is 11.8 Å². The van der Waals surface area contributed by atoms with Gasteiger partial charge in [-0.2, -0.15) is 0 Å². The molecule has 0 radical (unpaired) electrons. The Bertz CT molecular complexity index is 417. The van der Waals surface area contributed by atoms with Gasteiger partial charge in [0, 0.05) is 11.8 Å². The molecule has 1 aliphatic carbocycles. The van der Waals surface area contributed by atoms with Gasteiger partial charge in [-0.1, -0.05) is 11.8 Å². The fourth-order valence-corrected chi connectivity index (χ4v) is 2.39. The molecule has 94 valence electrons. The zero-order valence-corrected chi connectivity index (χ0v) is 10.7. The minimum absolute atomic E-state index is 0.350. The summed E-state index contributed by atoms with van der Waals surface area (Å²) >= 11 is 1.33. The fraction of sp³-hybridized carbons (Fsp3) is 0.636. The van der Waals surface area contributed by atoms with E-state index in [-0.39, 0.29) is 0 Å². The van der Waals surface area contributed by atoms with Gasteiger partial charge in [0.2, 0.25) is 0 Å². The summed E-state index contributed by atoms with van der Waals surface area (Å²) in [7, 11) is 0. The number of thioether (sulfide) groups is 1. The number of oxazole rings is 1. The Balaban J connectivity index is 1.95. The van der Waals surface area contributed by atoms with Crippen LogP contribution in [0.25, 0.3) is 0 Å². The number of carboxylic acid groups (broad SMARTS) is 1. The second kappa shape index (κ2) is 4.70. The SMILES string of the molecule is Cc1coc(SCC(C)(NC2CC2)C(=O)O)n1. The predicted octanol–water partition coefficient (Wildman–Crippen LogP) is 1.67. The molecule has 1 aliphatic rings. The summed E-state index contributed by atoms with van der Waals surface area (Å²) in [5, 5.41) is 12.9. The van der Waals surface area contributed by atoms with Crippen LogP contribution in [0.5, 0.6) is 0 Å². The number of hydrogen-bond donors (Lipinski definition) is 2. The molecule has 0 saturated heterocycles. The summed E-state index contributed by atoms with van der Waals surface area (Å²) in [5.74, 6) is -0.432. The number of hydrogen-bond acceptors (Lipinski definition) is 5. The van der Waals surface area contributed by atoms with Crippen LogP contribution in [0.3, 0.4) is 0 Å². The molecule has 2 N–H and O–H groups in total. The van der Waals surface area contributed by atoms with E-state index in [9.17, 15) is 9.90 Å². The Hall–Kier alpha value is -1.01. The van der Waals surface area contributed by atoms with Crippen LogP contribution < -0.4 is 5.32 Å². The standard InChI is InChI=1S/C11H16N2O3S/c1-7-5-16-10(12-7)17-6-11(2,9(14)15)13-8-3-4-8/h5,8,13H,3-4,6H2,1-2H3,(H,14,15). The summed E-state index contributed by atoms with van der Waals surface area (Å²) in [5.41, 5.74) is -0.117. The minimum atomic E-state index is -0.922. The molecule has 2 rings (SSSR count). The van der Waals surface area contributed by atoms with Gasteiger partial charge in [0.1, 0.15) is 11.8 Å². The van der Waals surface area contributed by atoms with Gasteiger partial charge in [-0.3, -0.25) is 10.1 Å². The van der Waals surface area contributed by atoms with Crippen LogP contribution in [0.15, 0.2) is 15.9 Å². The van der Waals surface area contributed by atoms with Crippen molar-refractivity contribution in [2.75, 3.05) is 5.75 Å². The molecule has 0 bridgehead atoms. The van der Waals surface area contributed by atoms with Crippen molar-refractivity contribution < 1.29 is 14.3 Å². The molecular formula is C11H16N2O3S. The summed E-state index contributed by atoms with van der Waals surface area (Å²) < 4.78 is 5.19. The Morgan fingerprint density at radius 3 is 2.94 bits per heavy atom. The van der Waals surface area contributed by atoms with Crippen LogP contribution in [0.4, 0.5) is 0 Å². The topological polar surface area (TPSA) is 75.4 Å². The maximum atomic E-state index is 11.3. The number of aryl methyl sites for hydroxylation is 1. The molecule has 0 amide bonds. The van der Waals surface area contributed by atoms with Crippen molar-refractivity contribution >= 4 is 17.7 Å². The third kappa shape index (κ3) is 3.23. The van der Waals surface area contributed by atoms with Crippen LogP contribution in [0.1, 0.15) is 25.5 Å². The molecule has 1 aromatic rings. The van der Waals surface area contributed by atoms with Crippen molar-refractivity contribution in [1.29, 1.82) is 0 Å². The number of carboxylic acids is 1. The maximum Gasteiger partial charge on any atom is 0.324 e. The van der Waals surface area contributed by atoms with Crippen molar-refractivity contribution in [3.63, 3.8) is 0 Å². The normalized spacial score (nSPS) is 18.9. The maximum absolute atomic E-state index is 11.3. The number of rotatable bonds is 6. The molecular weight excluding hydrogens is 240 g/mol. The lowest BCUT2D eigenvalue weighted by Gasteiger charge is -2.25. The Morgan fingerprint density at radius 2 is 2.47 bits per heavy atom. The number of aromatic nitrogens is 1. The highest BCUT2D eigenvalue weighted by Crippen LogP contribution is 2.27. The number of nitrogens with one attached hydrogen (secondary N) is 1. The third-order valence-corrected chi connectivity index (χ3v) is 3.81. The second-order valence-corrected chi connectivity index (χ2v) is 5.53. The summed E-state index contributed by atoms with van der Waals surface area (Å²) in [6.07, 6.45) is 3.69. The largest absolute Gasteiger partial charge is 0.480 e. The Labute approximate surface area is 104 Å². The summed E-state index contributed by atoms with van der Waals surface area (Å²) in [6.45, 7) is 3.54. The first kappa shape index (κ1) is 12.4. The highest BCUT2D eigenvalue weighted by molar-refractivity contribution is 7.99. The zero-order chi connectivity index (χ0) is 12.5. The molecule has 6 heteroatoms. The molecule has 0 aromatic carbocycles. The highest BCUT2D eigenvalue weighted by atomic mass is 32.2. The fourth-order valence-electron chi connectivity index (χ4n) is 1.45. The molecule has 1 atom stereocenters. The first-order valence-corrected chi connectivity index (χ1v) is 6.54. The highest BCUT2D eigenvalue weighted by Gasteiger charge is 2.38. The van der Waals surface area contributed by atoms with Crippen LogP contribution in [0.2, 0.25) is 0 Å². The molecule has 0 aliphatic heterocycles. The van der Waals surface area contributed by atoms with Gasteiger partial charge in [-0.15, -0.1) is 0 Å². The van der Waals surface area contributed by atoms with Gasteiger partial charge < -0.3 is 9.52 Å². The van der Waals surface area contributed by atoms with E-state index in [0.29, 0.717) is 17.0 Å². The Kier molecular flexibility index (Phi) is 3.44. The van der Waals surface area contributed by atoms with E-state index in [2.05, 4.69) is 10.3 Å². The van der Waals surface area contributed by atoms with Gasteiger partial charge in [0.15, 0.2) is 0 Å². The third-order valence-electron chi connectivity index (χ3n) is 2.65. The van der Waals surface area contributed by atoms with Gasteiger partial charge in [-0.25, -0.2) is 4.98 Å². The van der Waals surface area contributed by atoms with Crippen LogP contribution in [0, 0.1) is 6.92 Å². The molecule has 1 fully saturated rings. The summed E-state index contributed by atoms with van der Waals surface area (Å²) in [4.78, 5) is 15.4. The number of aliphatic carboxylic acids is 1. The van der Waals surface area contributed by atoms with E-state index in [0.717, 1.165) is 18.5 Å². The van der Waals surface area contributed by atoms with Crippen molar-refractivity contribution in [3.05, 3.63) is 12.0 Å². The van der Waals surface area contributed by atoms with E-state index < -0.39 is 11.5 Å². The predicted molar refractivity (Wildman–Crippen MR) is 64.2 cm³/mol. The first-order valence-electron chi connectivity index (χ1n) is 5.55. The minimum Gasteiger partial charge on any atom is -0.480 e. The quantitative estimate of drug-likeness (QED) is 0.754. The molecule has 1 heterocycles. The van der Waals surface area contributed by atoms with E-state index >= 15 is 0 Å². The number of carbonyl (C=O) groups is 1. The lowest BCUT2D eigenvalue weighted by Crippen LogP contribution is -2.52. The molecule has 5 nitrogen and oxygen atoms in total. The molecule has 1 saturated carbocycles. The lowest BCUT2D eigenvalue weighted by molar-refractivity contribution is -0.143. The smallest absolute Gasteiger partial charge is 0.324 e. The Morgan fingerprint density at radius 1 is 1.76 bits per heavy atom. The molecule has 1 aromatic heterocycles. The molecule has 17 heavy (non-hydrogen) atoms. The van der Waals surface area contributed by atoms with Crippen molar-refractivity contribution in [2.45, 2.75) is 43.5 Å². The van der Waals surface area contributed by atoms with Crippen molar-refractivity contribution in [2.24, 2.45) is 0 Å². The van der Waals surface area contributed by atoms with Gasteiger partial charge in [-0.05, 0) is 26.7 Å². The summed E-state index contributed by atoms with van der Waals surface area (Å²) in [6, 6.07) is 0.350. The first-order chi connectivity index (χ1) is 7.99.